The van der Waals surface area contributed by atoms with Crippen LogP contribution in [0.1, 0.15) is 20.8 Å². The van der Waals surface area contributed by atoms with Crippen LogP contribution in [0.2, 0.25) is 25.7 Å². The molecule has 2 atom stereocenters. The van der Waals surface area contributed by atoms with Crippen LogP contribution in [0.3, 0.4) is 0 Å². The van der Waals surface area contributed by atoms with Gasteiger partial charge in [-0.2, -0.15) is 0 Å². The molecule has 1 rings (SSSR count). The minimum Gasteiger partial charge on any atom is -0.447 e. The Morgan fingerprint density at radius 1 is 1.52 bits per heavy atom. The van der Waals surface area contributed by atoms with Gasteiger partial charge in [-0.25, -0.2) is 9.69 Å². The fraction of sp³-hybridized carbons (Fsp3) is 0.765. The first-order chi connectivity index (χ1) is 10.5. The first-order valence-corrected chi connectivity index (χ1v) is 11.9. The minimum absolute atomic E-state index is 0.146. The van der Waals surface area contributed by atoms with Gasteiger partial charge in [-0.3, -0.25) is 4.79 Å². The fourth-order valence-corrected chi connectivity index (χ4v) is 3.06. The van der Waals surface area contributed by atoms with Crippen molar-refractivity contribution in [2.24, 2.45) is 11.3 Å². The average Bonchev–Trinajstić information content (AvgIpc) is 2.83. The molecule has 0 N–H and O–H groups in total. The lowest BCUT2D eigenvalue weighted by Crippen LogP contribution is -2.49. The van der Waals surface area contributed by atoms with Crippen molar-refractivity contribution in [3.63, 3.8) is 0 Å². The van der Waals surface area contributed by atoms with E-state index in [9.17, 15) is 9.59 Å². The zero-order valence-electron chi connectivity index (χ0n) is 15.3. The highest BCUT2D eigenvalue weighted by Crippen LogP contribution is 2.29. The van der Waals surface area contributed by atoms with Crippen molar-refractivity contribution < 1.29 is 19.1 Å². The molecule has 1 aliphatic heterocycles. The number of ether oxygens (including phenoxy) is 2. The third-order valence-electron chi connectivity index (χ3n) is 4.23. The highest BCUT2D eigenvalue weighted by molar-refractivity contribution is 6.76. The molecular weight excluding hydrogens is 310 g/mol. The van der Waals surface area contributed by atoms with E-state index in [4.69, 9.17) is 9.47 Å². The van der Waals surface area contributed by atoms with Crippen LogP contribution in [0.5, 0.6) is 0 Å². The molecule has 0 unspecified atom stereocenters. The van der Waals surface area contributed by atoms with Crippen molar-refractivity contribution in [2.45, 2.75) is 52.5 Å². The molecule has 0 aromatic carbocycles. The number of cyclic esters (lactones) is 1. The summed E-state index contributed by atoms with van der Waals surface area (Å²) in [6, 6.07) is 0.811. The summed E-state index contributed by atoms with van der Waals surface area (Å²) in [6.07, 6.45) is 1.01. The van der Waals surface area contributed by atoms with E-state index in [1.54, 1.807) is 13.0 Å². The van der Waals surface area contributed by atoms with Crippen molar-refractivity contribution in [3.8, 4) is 0 Å². The molecule has 0 aromatic rings. The molecule has 1 aliphatic rings. The van der Waals surface area contributed by atoms with Gasteiger partial charge in [0.1, 0.15) is 6.61 Å². The van der Waals surface area contributed by atoms with E-state index < -0.39 is 19.6 Å². The summed E-state index contributed by atoms with van der Waals surface area (Å²) in [5.41, 5.74) is -0.921. The van der Waals surface area contributed by atoms with E-state index in [-0.39, 0.29) is 31.1 Å². The Labute approximate surface area is 141 Å². The molecule has 0 aliphatic carbocycles. The Balaban J connectivity index is 2.76. The van der Waals surface area contributed by atoms with E-state index >= 15 is 0 Å². The Bertz CT molecular complexity index is 458. The van der Waals surface area contributed by atoms with Crippen molar-refractivity contribution >= 4 is 20.1 Å². The lowest BCUT2D eigenvalue weighted by Gasteiger charge is -2.31. The number of amides is 2. The molecule has 23 heavy (non-hydrogen) atoms. The van der Waals surface area contributed by atoms with Crippen molar-refractivity contribution in [1.29, 1.82) is 0 Å². The van der Waals surface area contributed by atoms with Gasteiger partial charge in [-0.1, -0.05) is 39.6 Å². The second kappa shape index (κ2) is 7.62. The second-order valence-electron chi connectivity index (χ2n) is 8.05. The van der Waals surface area contributed by atoms with Gasteiger partial charge in [0.15, 0.2) is 0 Å². The zero-order chi connectivity index (χ0) is 17.8. The maximum Gasteiger partial charge on any atom is 0.417 e. The summed E-state index contributed by atoms with van der Waals surface area (Å²) >= 11 is 0. The molecule has 0 saturated carbocycles. The number of carbonyl (C=O) groups is 2. The summed E-state index contributed by atoms with van der Waals surface area (Å²) in [5, 5.41) is 0. The first kappa shape index (κ1) is 19.9. The van der Waals surface area contributed by atoms with Gasteiger partial charge in [-0.05, 0) is 18.9 Å². The zero-order valence-corrected chi connectivity index (χ0v) is 16.3. The van der Waals surface area contributed by atoms with Crippen molar-refractivity contribution in [2.75, 3.05) is 19.8 Å². The lowest BCUT2D eigenvalue weighted by molar-refractivity contribution is -0.139. The van der Waals surface area contributed by atoms with Crippen LogP contribution in [0.4, 0.5) is 4.79 Å². The quantitative estimate of drug-likeness (QED) is 0.385. The van der Waals surface area contributed by atoms with Gasteiger partial charge in [-0.15, -0.1) is 6.58 Å². The Morgan fingerprint density at radius 2 is 2.13 bits per heavy atom. The molecule has 132 valence electrons. The molecule has 1 heterocycles. The number of nitrogens with zero attached hydrogens (tertiary/aromatic N) is 1. The van der Waals surface area contributed by atoms with Gasteiger partial charge in [0.25, 0.3) is 0 Å². The third-order valence-corrected chi connectivity index (χ3v) is 5.94. The van der Waals surface area contributed by atoms with Crippen LogP contribution in [-0.4, -0.2) is 50.8 Å². The number of carbonyl (C=O) groups excluding carboxylic acids is 2. The SMILES string of the molecule is C=C[C@](C)(COCC[Si](C)(C)C)C(=O)N1C(=O)OC[C@H]1C(C)C. The molecule has 0 bridgehead atoms. The Morgan fingerprint density at radius 3 is 2.61 bits per heavy atom. The predicted molar refractivity (Wildman–Crippen MR) is 94.1 cm³/mol. The monoisotopic (exact) mass is 341 g/mol. The van der Waals surface area contributed by atoms with E-state index in [2.05, 4.69) is 26.2 Å². The largest absolute Gasteiger partial charge is 0.447 e. The lowest BCUT2D eigenvalue weighted by atomic mass is 9.89. The molecule has 6 heteroatoms. The smallest absolute Gasteiger partial charge is 0.417 e. The van der Waals surface area contributed by atoms with Crippen molar-refractivity contribution in [3.05, 3.63) is 12.7 Å². The molecule has 0 aromatic heterocycles. The number of hydrogen-bond donors (Lipinski definition) is 0. The van der Waals surface area contributed by atoms with Crippen LogP contribution >= 0.6 is 0 Å². The van der Waals surface area contributed by atoms with E-state index in [0.29, 0.717) is 6.61 Å². The van der Waals surface area contributed by atoms with Crippen molar-refractivity contribution in [1.82, 2.24) is 4.90 Å². The van der Waals surface area contributed by atoms with Crippen LogP contribution in [0.25, 0.3) is 0 Å². The van der Waals surface area contributed by atoms with E-state index in [1.807, 2.05) is 13.8 Å². The highest BCUT2D eigenvalue weighted by Gasteiger charge is 2.46. The molecular formula is C17H31NO4Si. The number of imide groups is 1. The second-order valence-corrected chi connectivity index (χ2v) is 13.7. The normalized spacial score (nSPS) is 21.3. The summed E-state index contributed by atoms with van der Waals surface area (Å²) < 4.78 is 10.8. The van der Waals surface area contributed by atoms with Crippen LogP contribution in [0, 0.1) is 11.3 Å². The summed E-state index contributed by atoms with van der Waals surface area (Å²) in [5.74, 6) is -0.144. The summed E-state index contributed by atoms with van der Waals surface area (Å²) in [7, 11) is -1.17. The van der Waals surface area contributed by atoms with Gasteiger partial charge in [0.05, 0.1) is 18.1 Å². The standard InChI is InChI=1S/C17H31NO4Si/c1-8-17(4,12-21-9-10-23(5,6)7)15(19)18-14(13(2)3)11-22-16(18)20/h8,13-14H,1,9-12H2,2-7H3/t14-,17+/m0/s1. The van der Waals surface area contributed by atoms with Gasteiger partial charge >= 0.3 is 6.09 Å². The van der Waals surface area contributed by atoms with Gasteiger partial charge < -0.3 is 9.47 Å². The minimum atomic E-state index is -1.17. The molecule has 0 spiro atoms. The molecule has 2 amide bonds. The molecule has 1 fully saturated rings. The van der Waals surface area contributed by atoms with Crippen LogP contribution in [-0.2, 0) is 14.3 Å². The average molecular weight is 342 g/mol. The predicted octanol–water partition coefficient (Wildman–Crippen LogP) is 3.54. The molecule has 5 nitrogen and oxygen atoms in total. The van der Waals surface area contributed by atoms with E-state index in [1.165, 1.54) is 4.90 Å². The summed E-state index contributed by atoms with van der Waals surface area (Å²) in [4.78, 5) is 26.1. The topological polar surface area (TPSA) is 55.8 Å². The molecule has 0 radical (unpaired) electrons. The summed E-state index contributed by atoms with van der Waals surface area (Å²) in [6.45, 7) is 17.4. The third kappa shape index (κ3) is 5.17. The first-order valence-electron chi connectivity index (χ1n) is 8.23. The molecule has 1 saturated heterocycles. The fourth-order valence-electron chi connectivity index (χ4n) is 2.31. The van der Waals surface area contributed by atoms with E-state index in [0.717, 1.165) is 6.04 Å². The van der Waals surface area contributed by atoms with Gasteiger partial charge in [0, 0.05) is 14.7 Å². The number of rotatable bonds is 8. The van der Waals surface area contributed by atoms with Crippen LogP contribution in [0.15, 0.2) is 12.7 Å². The Kier molecular flexibility index (Phi) is 6.59. The number of hydrogen-bond acceptors (Lipinski definition) is 4. The maximum absolute atomic E-state index is 12.9. The maximum atomic E-state index is 12.9. The van der Waals surface area contributed by atoms with Crippen LogP contribution < -0.4 is 0 Å². The van der Waals surface area contributed by atoms with Gasteiger partial charge in [0.2, 0.25) is 5.91 Å². The Hall–Kier alpha value is -1.14. The highest BCUT2D eigenvalue weighted by atomic mass is 28.3.